The van der Waals surface area contributed by atoms with Crippen molar-refractivity contribution in [2.75, 3.05) is 24.6 Å². The molecule has 1 fully saturated rings. The van der Waals surface area contributed by atoms with Gasteiger partial charge in [0.05, 0.1) is 18.5 Å². The van der Waals surface area contributed by atoms with Gasteiger partial charge in [0.25, 0.3) is 0 Å². The van der Waals surface area contributed by atoms with Crippen molar-refractivity contribution in [3.8, 4) is 0 Å². The van der Waals surface area contributed by atoms with E-state index in [1.807, 2.05) is 17.4 Å². The summed E-state index contributed by atoms with van der Waals surface area (Å²) in [7, 11) is 0. The number of carbonyl (C=O) groups is 2. The first-order chi connectivity index (χ1) is 9.69. The van der Waals surface area contributed by atoms with Gasteiger partial charge in [-0.2, -0.15) is 0 Å². The van der Waals surface area contributed by atoms with Crippen LogP contribution in [0.2, 0.25) is 0 Å². The van der Waals surface area contributed by atoms with Gasteiger partial charge in [-0.15, -0.1) is 0 Å². The molecule has 0 atom stereocenters. The average molecular weight is 296 g/mol. The molecule has 2 heterocycles. The van der Waals surface area contributed by atoms with Gasteiger partial charge in [-0.3, -0.25) is 4.72 Å². The van der Waals surface area contributed by atoms with Gasteiger partial charge in [-0.25, -0.2) is 19.9 Å². The largest absolute Gasteiger partial charge is 0.450 e. The summed E-state index contributed by atoms with van der Waals surface area (Å²) < 4.78 is 7.04. The lowest BCUT2D eigenvalue weighted by Gasteiger charge is -2.32. The number of imide groups is 1. The summed E-state index contributed by atoms with van der Waals surface area (Å²) in [6, 6.07) is 3.14. The summed E-state index contributed by atoms with van der Waals surface area (Å²) in [6.07, 6.45) is 2.21. The molecule has 0 bridgehead atoms. The van der Waals surface area contributed by atoms with Gasteiger partial charge in [-0.05, 0) is 25.5 Å². The molecule has 1 aromatic rings. The van der Waals surface area contributed by atoms with Crippen LogP contribution in [0.25, 0.3) is 0 Å². The van der Waals surface area contributed by atoms with Crippen molar-refractivity contribution in [1.29, 1.82) is 0 Å². The van der Waals surface area contributed by atoms with Crippen LogP contribution in [0.15, 0.2) is 23.4 Å². The minimum Gasteiger partial charge on any atom is -0.450 e. The third-order valence-electron chi connectivity index (χ3n) is 2.68. The zero-order chi connectivity index (χ0) is 14.4. The molecule has 1 aromatic heterocycles. The number of rotatable bonds is 4. The normalized spacial score (nSPS) is 13.3. The van der Waals surface area contributed by atoms with Crippen molar-refractivity contribution >= 4 is 29.8 Å². The van der Waals surface area contributed by atoms with E-state index in [1.54, 1.807) is 13.1 Å². The minimum atomic E-state index is -0.772. The van der Waals surface area contributed by atoms with Crippen LogP contribution in [0.1, 0.15) is 13.3 Å². The maximum absolute atomic E-state index is 11.4. The predicted molar refractivity (Wildman–Crippen MR) is 75.6 cm³/mol. The Kier molecular flexibility index (Phi) is 5.05. The van der Waals surface area contributed by atoms with E-state index in [2.05, 4.69) is 19.3 Å². The second kappa shape index (κ2) is 6.99. The van der Waals surface area contributed by atoms with Crippen LogP contribution in [0.5, 0.6) is 0 Å². The van der Waals surface area contributed by atoms with Crippen LogP contribution in [0.3, 0.4) is 0 Å². The molecule has 0 unspecified atom stereocenters. The number of ether oxygens (including phenoxy) is 1. The molecular weight excluding hydrogens is 280 g/mol. The Labute approximate surface area is 121 Å². The average Bonchev–Trinajstić information content (AvgIpc) is 2.36. The number of carbonyl (C=O) groups excluding carboxylic acids is 2. The molecule has 20 heavy (non-hydrogen) atoms. The first-order valence-electron chi connectivity index (χ1n) is 6.30. The Morgan fingerprint density at radius 3 is 2.80 bits per heavy atom. The van der Waals surface area contributed by atoms with E-state index in [4.69, 9.17) is 0 Å². The molecule has 1 aliphatic heterocycles. The summed E-state index contributed by atoms with van der Waals surface area (Å²) in [6.45, 7) is 4.00. The fourth-order valence-corrected chi connectivity index (χ4v) is 2.07. The Bertz CT molecular complexity index is 476. The van der Waals surface area contributed by atoms with E-state index in [9.17, 15) is 9.59 Å². The smallest absolute Gasteiger partial charge is 0.415 e. The van der Waals surface area contributed by atoms with E-state index < -0.39 is 12.1 Å². The van der Waals surface area contributed by atoms with Gasteiger partial charge in [0.15, 0.2) is 0 Å². The van der Waals surface area contributed by atoms with Gasteiger partial charge >= 0.3 is 12.1 Å². The Morgan fingerprint density at radius 2 is 2.25 bits per heavy atom. The lowest BCUT2D eigenvalue weighted by Crippen LogP contribution is -2.37. The Morgan fingerprint density at radius 1 is 1.45 bits per heavy atom. The summed E-state index contributed by atoms with van der Waals surface area (Å²) >= 11 is 1.04. The number of nitrogens with zero attached hydrogens (tertiary/aromatic N) is 2. The fraction of sp³-hybridized carbons (Fsp3) is 0.417. The maximum Gasteiger partial charge on any atom is 0.415 e. The van der Waals surface area contributed by atoms with Crippen LogP contribution in [0.4, 0.5) is 15.3 Å². The quantitative estimate of drug-likeness (QED) is 0.824. The van der Waals surface area contributed by atoms with Crippen molar-refractivity contribution in [3.63, 3.8) is 0 Å². The minimum absolute atomic E-state index is 0.214. The zero-order valence-corrected chi connectivity index (χ0v) is 11.9. The summed E-state index contributed by atoms with van der Waals surface area (Å²) in [5.41, 5.74) is 1.08. The van der Waals surface area contributed by atoms with E-state index in [0.717, 1.165) is 30.7 Å². The van der Waals surface area contributed by atoms with Crippen LogP contribution < -0.4 is 14.9 Å². The fourth-order valence-electron chi connectivity index (χ4n) is 1.58. The first kappa shape index (κ1) is 14.4. The van der Waals surface area contributed by atoms with Crippen LogP contribution in [0, 0.1) is 0 Å². The molecule has 2 rings (SSSR count). The van der Waals surface area contributed by atoms with Gasteiger partial charge < -0.3 is 9.64 Å². The second-order valence-electron chi connectivity index (χ2n) is 4.07. The molecular formula is C12H16N4O3S. The highest BCUT2D eigenvalue weighted by Crippen LogP contribution is 2.21. The maximum atomic E-state index is 11.4. The molecule has 1 saturated heterocycles. The van der Waals surface area contributed by atoms with Crippen molar-refractivity contribution < 1.29 is 14.3 Å². The topological polar surface area (TPSA) is 83.6 Å². The number of urea groups is 1. The van der Waals surface area contributed by atoms with Crippen molar-refractivity contribution in [2.24, 2.45) is 0 Å². The highest BCUT2D eigenvalue weighted by atomic mass is 32.2. The highest BCUT2D eigenvalue weighted by Gasteiger charge is 2.14. The van der Waals surface area contributed by atoms with Crippen LogP contribution in [-0.4, -0.2) is 36.8 Å². The molecule has 0 spiro atoms. The number of hydrogen-bond donors (Lipinski definition) is 2. The molecule has 8 heteroatoms. The number of pyridine rings is 1. The molecule has 0 radical (unpaired) electrons. The monoisotopic (exact) mass is 296 g/mol. The molecule has 7 nitrogen and oxygen atoms in total. The van der Waals surface area contributed by atoms with E-state index >= 15 is 0 Å². The van der Waals surface area contributed by atoms with Crippen molar-refractivity contribution in [2.45, 2.75) is 18.4 Å². The lowest BCUT2D eigenvalue weighted by atomic mass is 10.2. The van der Waals surface area contributed by atoms with Gasteiger partial charge in [-0.1, -0.05) is 0 Å². The second-order valence-corrected chi connectivity index (χ2v) is 4.90. The number of alkyl carbamates (subject to hydrolysis) is 1. The molecule has 0 saturated carbocycles. The standard InChI is InChI=1S/C12H16N4O3S/c1-2-19-12(18)14-11(17)15-20-10-5-4-9(8-13-10)16-6-3-7-16/h4-5,8H,2-3,6-7H2,1H3,(H2,14,15,17,18). The van der Waals surface area contributed by atoms with Crippen LogP contribution in [-0.2, 0) is 4.74 Å². The third kappa shape index (κ3) is 4.02. The van der Waals surface area contributed by atoms with Gasteiger partial charge in [0, 0.05) is 25.0 Å². The Balaban J connectivity index is 1.75. The number of nitrogens with one attached hydrogen (secondary N) is 2. The molecule has 108 valence electrons. The van der Waals surface area contributed by atoms with E-state index in [1.165, 1.54) is 6.42 Å². The molecule has 0 aromatic carbocycles. The zero-order valence-electron chi connectivity index (χ0n) is 11.1. The van der Waals surface area contributed by atoms with Crippen molar-refractivity contribution in [3.05, 3.63) is 18.3 Å². The predicted octanol–water partition coefficient (Wildman–Crippen LogP) is 1.75. The number of amides is 3. The SMILES string of the molecule is CCOC(=O)NC(=O)NSc1ccc(N2CCC2)cn1. The highest BCUT2D eigenvalue weighted by molar-refractivity contribution is 7.97. The van der Waals surface area contributed by atoms with E-state index in [0.29, 0.717) is 5.03 Å². The number of aromatic nitrogens is 1. The number of hydrogen-bond acceptors (Lipinski definition) is 6. The lowest BCUT2D eigenvalue weighted by molar-refractivity contribution is 0.153. The van der Waals surface area contributed by atoms with Gasteiger partial charge in [0.1, 0.15) is 5.03 Å². The van der Waals surface area contributed by atoms with Crippen LogP contribution >= 0.6 is 11.9 Å². The van der Waals surface area contributed by atoms with Gasteiger partial charge in [0.2, 0.25) is 0 Å². The summed E-state index contributed by atoms with van der Waals surface area (Å²) in [5.74, 6) is 0. The van der Waals surface area contributed by atoms with E-state index in [-0.39, 0.29) is 6.61 Å². The summed E-state index contributed by atoms with van der Waals surface area (Å²) in [4.78, 5) is 28.8. The molecule has 1 aliphatic rings. The summed E-state index contributed by atoms with van der Waals surface area (Å²) in [5, 5.41) is 2.68. The third-order valence-corrected chi connectivity index (χ3v) is 3.42. The number of anilines is 1. The van der Waals surface area contributed by atoms with Crippen molar-refractivity contribution in [1.82, 2.24) is 15.0 Å². The molecule has 3 amide bonds. The first-order valence-corrected chi connectivity index (χ1v) is 7.12. The molecule has 2 N–H and O–H groups in total. The Hall–Kier alpha value is -1.96. The molecule has 0 aliphatic carbocycles.